The molecule has 0 aromatic heterocycles. The average Bonchev–Trinajstić information content (AvgIpc) is 3.45. The first-order chi connectivity index (χ1) is 20.2. The van der Waals surface area contributed by atoms with Gasteiger partial charge >= 0.3 is 0 Å². The summed E-state index contributed by atoms with van der Waals surface area (Å²) in [6.07, 6.45) is 2.03. The van der Waals surface area contributed by atoms with Gasteiger partial charge in [-0.3, -0.25) is 19.2 Å². The number of hydrogen-bond donors (Lipinski definition) is 2. The van der Waals surface area contributed by atoms with Gasteiger partial charge in [-0.1, -0.05) is 63.6 Å². The van der Waals surface area contributed by atoms with E-state index >= 15 is 0 Å². The first-order valence-corrected chi connectivity index (χ1v) is 15.0. The third kappa shape index (κ3) is 5.07. The first-order valence-electron chi connectivity index (χ1n) is 15.0. The third-order valence-corrected chi connectivity index (χ3v) is 9.57. The van der Waals surface area contributed by atoms with Gasteiger partial charge in [0.2, 0.25) is 23.6 Å². The minimum atomic E-state index is -1.27. The van der Waals surface area contributed by atoms with Gasteiger partial charge in [0, 0.05) is 31.4 Å². The highest BCUT2D eigenvalue weighted by molar-refractivity contribution is 6.12. The summed E-state index contributed by atoms with van der Waals surface area (Å²) in [5, 5.41) is 16.1. The Kier molecular flexibility index (Phi) is 7.62. The Balaban J connectivity index is 1.45. The number of rotatable bonds is 6. The van der Waals surface area contributed by atoms with Crippen molar-refractivity contribution < 1.29 is 19.2 Å². The quantitative estimate of drug-likeness (QED) is 0.478. The number of benzene rings is 2. The number of nitrogens with one attached hydrogen (secondary N) is 2. The maximum atomic E-state index is 14.4. The van der Waals surface area contributed by atoms with Gasteiger partial charge in [0.15, 0.2) is 0 Å². The molecule has 9 nitrogen and oxygen atoms in total. The van der Waals surface area contributed by atoms with Gasteiger partial charge in [-0.15, -0.1) is 0 Å². The van der Waals surface area contributed by atoms with Gasteiger partial charge in [-0.05, 0) is 61.3 Å². The van der Waals surface area contributed by atoms with E-state index in [4.69, 9.17) is 0 Å². The van der Waals surface area contributed by atoms with Crippen LogP contribution >= 0.6 is 0 Å². The molecule has 1 saturated heterocycles. The van der Waals surface area contributed by atoms with Crippen LogP contribution in [0, 0.1) is 36.0 Å². The number of aryl methyl sites for hydroxylation is 2. The predicted octanol–water partition coefficient (Wildman–Crippen LogP) is 4.69. The smallest absolute Gasteiger partial charge is 0.246 e. The molecule has 43 heavy (non-hydrogen) atoms. The minimum absolute atomic E-state index is 0.0494. The van der Waals surface area contributed by atoms with Crippen LogP contribution in [-0.4, -0.2) is 59.1 Å². The summed E-state index contributed by atoms with van der Waals surface area (Å²) in [5.74, 6) is -1.35. The van der Waals surface area contributed by atoms with Crippen LogP contribution in [0.1, 0.15) is 69.6 Å². The Labute approximate surface area is 253 Å². The topological polar surface area (TPSA) is 123 Å². The molecule has 9 heteroatoms. The highest BCUT2D eigenvalue weighted by Crippen LogP contribution is 2.48. The number of nitrogens with zero attached hydrogens (tertiary/aromatic N) is 3. The van der Waals surface area contributed by atoms with E-state index < -0.39 is 28.8 Å². The van der Waals surface area contributed by atoms with Crippen molar-refractivity contribution >= 4 is 35.0 Å². The molecular formula is C34H41N5O4. The number of carbonyl (C=O) groups is 4. The summed E-state index contributed by atoms with van der Waals surface area (Å²) in [6.45, 7) is 9.86. The number of hydrogen-bond acceptors (Lipinski definition) is 5. The third-order valence-electron chi connectivity index (χ3n) is 9.57. The van der Waals surface area contributed by atoms with E-state index in [9.17, 15) is 24.4 Å². The van der Waals surface area contributed by atoms with Crippen molar-refractivity contribution in [2.24, 2.45) is 10.8 Å². The maximum absolute atomic E-state index is 14.4. The Morgan fingerprint density at radius 2 is 1.77 bits per heavy atom. The number of likely N-dealkylation sites (N-methyl/N-ethyl adjacent to an activating group) is 1. The van der Waals surface area contributed by atoms with Crippen LogP contribution in [-0.2, 0) is 24.6 Å². The second-order valence-corrected chi connectivity index (χ2v) is 13.8. The molecular weight excluding hydrogens is 542 g/mol. The van der Waals surface area contributed by atoms with Crippen LogP contribution < -0.4 is 10.6 Å². The van der Waals surface area contributed by atoms with Crippen LogP contribution in [0.15, 0.2) is 42.5 Å². The average molecular weight is 584 g/mol. The molecule has 2 aliphatic heterocycles. The maximum Gasteiger partial charge on any atom is 0.246 e. The van der Waals surface area contributed by atoms with Gasteiger partial charge in [-0.2, -0.15) is 5.26 Å². The van der Waals surface area contributed by atoms with E-state index in [0.29, 0.717) is 30.6 Å². The summed E-state index contributed by atoms with van der Waals surface area (Å²) < 4.78 is 0. The fourth-order valence-electron chi connectivity index (χ4n) is 6.94. The Hall–Kier alpha value is -4.19. The summed E-state index contributed by atoms with van der Waals surface area (Å²) in [7, 11) is 1.59. The van der Waals surface area contributed by atoms with Gasteiger partial charge < -0.3 is 20.4 Å². The highest BCUT2D eigenvalue weighted by atomic mass is 16.2. The lowest BCUT2D eigenvalue weighted by Gasteiger charge is -2.44. The molecule has 2 aromatic rings. The molecule has 0 radical (unpaired) electrons. The molecule has 2 heterocycles. The molecule has 0 unspecified atom stereocenters. The van der Waals surface area contributed by atoms with Crippen molar-refractivity contribution in [3.05, 3.63) is 59.2 Å². The molecule has 1 aliphatic carbocycles. The number of amides is 4. The van der Waals surface area contributed by atoms with E-state index in [1.165, 1.54) is 9.80 Å². The zero-order valence-electron chi connectivity index (χ0n) is 25.9. The largest absolute Gasteiger partial charge is 0.333 e. The lowest BCUT2D eigenvalue weighted by Crippen LogP contribution is -2.59. The fourth-order valence-corrected chi connectivity index (χ4v) is 6.94. The Bertz CT molecular complexity index is 1510. The van der Waals surface area contributed by atoms with Gasteiger partial charge in [0.25, 0.3) is 0 Å². The number of likely N-dealkylation sites (tertiary alicyclic amines) is 1. The van der Waals surface area contributed by atoms with Crippen LogP contribution in [0.25, 0.3) is 0 Å². The normalized spacial score (nSPS) is 22.7. The minimum Gasteiger partial charge on any atom is -0.333 e. The predicted molar refractivity (Wildman–Crippen MR) is 164 cm³/mol. The molecule has 5 rings (SSSR count). The van der Waals surface area contributed by atoms with Crippen molar-refractivity contribution in [2.75, 3.05) is 24.2 Å². The molecule has 2 N–H and O–H groups in total. The van der Waals surface area contributed by atoms with Crippen LogP contribution in [0.3, 0.4) is 0 Å². The molecule has 3 atom stereocenters. The Morgan fingerprint density at radius 3 is 2.35 bits per heavy atom. The van der Waals surface area contributed by atoms with E-state index in [1.54, 1.807) is 7.05 Å². The SMILES string of the molecule is Cc1cccc(C)c1NC(=O)C1(C(=O)N(C)[C@@H](CC(C)(C)C)C(=O)N2C[C@]3(C[C@H]2C#N)C(=O)Nc2ccccc23)CCC1. The molecule has 0 bridgehead atoms. The van der Waals surface area contributed by atoms with Crippen LogP contribution in [0.2, 0.25) is 0 Å². The van der Waals surface area contributed by atoms with E-state index in [1.807, 2.05) is 77.1 Å². The number of carbonyl (C=O) groups excluding carboxylic acids is 4. The Morgan fingerprint density at radius 1 is 1.12 bits per heavy atom. The van der Waals surface area contributed by atoms with E-state index in [0.717, 1.165) is 23.1 Å². The van der Waals surface area contributed by atoms with Crippen molar-refractivity contribution in [3.8, 4) is 6.07 Å². The first kappa shape index (κ1) is 30.3. The second-order valence-electron chi connectivity index (χ2n) is 13.8. The summed E-state index contributed by atoms with van der Waals surface area (Å²) in [4.78, 5) is 58.7. The van der Waals surface area contributed by atoms with Crippen molar-refractivity contribution in [1.29, 1.82) is 5.26 Å². The summed E-state index contributed by atoms with van der Waals surface area (Å²) >= 11 is 0. The molecule has 2 aromatic carbocycles. The molecule has 1 spiro atoms. The van der Waals surface area contributed by atoms with Gasteiger partial charge in [0.1, 0.15) is 17.5 Å². The lowest BCUT2D eigenvalue weighted by atomic mass is 9.66. The molecule has 2 fully saturated rings. The standard InChI is InChI=1S/C34H41N5O4/c1-21-11-9-12-22(2)27(21)37-29(41)33(15-10-16-33)31(43)38(6)26(18-32(3,4)5)28(40)39-20-34(17-23(39)19-35)24-13-7-8-14-25(24)36-30(34)42/h7-9,11-14,23,26H,10,15-18,20H2,1-6H3,(H,36,42)(H,37,41)/t23-,26-,34-/m0/s1. The molecule has 1 saturated carbocycles. The van der Waals surface area contributed by atoms with Crippen LogP contribution in [0.4, 0.5) is 11.4 Å². The zero-order chi connectivity index (χ0) is 31.3. The second kappa shape index (κ2) is 10.8. The molecule has 3 aliphatic rings. The number of fused-ring (bicyclic) bond motifs is 2. The van der Waals surface area contributed by atoms with Crippen LogP contribution in [0.5, 0.6) is 0 Å². The number of para-hydroxylation sites is 2. The highest BCUT2D eigenvalue weighted by Gasteiger charge is 2.58. The lowest BCUT2D eigenvalue weighted by molar-refractivity contribution is -0.160. The van der Waals surface area contributed by atoms with Crippen molar-refractivity contribution in [1.82, 2.24) is 9.80 Å². The number of anilines is 2. The molecule has 4 amide bonds. The number of nitriles is 1. The van der Waals surface area contributed by atoms with E-state index in [-0.39, 0.29) is 36.1 Å². The zero-order valence-corrected chi connectivity index (χ0v) is 25.9. The van der Waals surface area contributed by atoms with Crippen molar-refractivity contribution in [3.63, 3.8) is 0 Å². The summed E-state index contributed by atoms with van der Waals surface area (Å²) in [5.41, 5.74) is 1.35. The van der Waals surface area contributed by atoms with Gasteiger partial charge in [0.05, 0.1) is 11.5 Å². The molecule has 226 valence electrons. The van der Waals surface area contributed by atoms with Crippen molar-refractivity contribution in [2.45, 2.75) is 84.2 Å². The summed E-state index contributed by atoms with van der Waals surface area (Å²) in [6, 6.07) is 13.6. The monoisotopic (exact) mass is 583 g/mol. The van der Waals surface area contributed by atoms with E-state index in [2.05, 4.69) is 16.7 Å². The van der Waals surface area contributed by atoms with Gasteiger partial charge in [-0.25, -0.2) is 0 Å². The fraction of sp³-hybridized carbons (Fsp3) is 0.500.